The Hall–Kier alpha value is -1.32. The number of rotatable bonds is 5. The van der Waals surface area contributed by atoms with Crippen LogP contribution in [0.1, 0.15) is 39.5 Å². The fraction of sp³-hybridized carbons (Fsp3) is 0.600. The largest absolute Gasteiger partial charge is 0.481 e. The number of allylic oxidation sites excluding steroid dienone is 1. The average Bonchev–Trinajstić information content (AvgIpc) is 2.05. The highest BCUT2D eigenvalue weighted by molar-refractivity contribution is 5.79. The van der Waals surface area contributed by atoms with Crippen LogP contribution in [0.2, 0.25) is 0 Å². The maximum atomic E-state index is 9.87. The molecule has 0 atom stereocenters. The Morgan fingerprint density at radius 1 is 1.21 bits per heavy atom. The second-order valence-corrected chi connectivity index (χ2v) is 2.69. The molecule has 0 rings (SSSR count). The summed E-state index contributed by atoms with van der Waals surface area (Å²) in [7, 11) is 0. The summed E-state index contributed by atoms with van der Waals surface area (Å²) < 4.78 is 0. The molecule has 0 aromatic carbocycles. The summed E-state index contributed by atoms with van der Waals surface area (Å²) in [6.45, 7) is 3.72. The van der Waals surface area contributed by atoms with Crippen LogP contribution in [0, 0.1) is 0 Å². The third-order valence-corrected chi connectivity index (χ3v) is 1.30. The predicted octanol–water partition coefficient (Wildman–Crippen LogP) is 2.30. The van der Waals surface area contributed by atoms with E-state index in [0.29, 0.717) is 6.42 Å². The molecule has 0 aromatic heterocycles. The number of carbonyl (C=O) groups is 2. The monoisotopic (exact) mass is 202 g/mol. The number of carboxylic acid groups (broad SMARTS) is 2. The molecule has 0 bridgehead atoms. The van der Waals surface area contributed by atoms with Crippen LogP contribution in [-0.2, 0) is 9.59 Å². The Kier molecular flexibility index (Phi) is 12.7. The predicted molar refractivity (Wildman–Crippen MR) is 54.2 cm³/mol. The molecule has 0 unspecified atom stereocenters. The van der Waals surface area contributed by atoms with E-state index in [-0.39, 0.29) is 0 Å². The molecule has 0 saturated carbocycles. The highest BCUT2D eigenvalue weighted by Crippen LogP contribution is 1.97. The molecule has 4 heteroatoms. The first-order valence-electron chi connectivity index (χ1n) is 4.62. The van der Waals surface area contributed by atoms with E-state index in [1.54, 1.807) is 6.92 Å². The Bertz CT molecular complexity index is 185. The molecule has 0 heterocycles. The lowest BCUT2D eigenvalue weighted by Crippen LogP contribution is -1.92. The van der Waals surface area contributed by atoms with Crippen molar-refractivity contribution in [3.8, 4) is 0 Å². The van der Waals surface area contributed by atoms with Gasteiger partial charge in [0.2, 0.25) is 0 Å². The van der Waals surface area contributed by atoms with E-state index in [1.807, 2.05) is 0 Å². The van der Waals surface area contributed by atoms with Crippen LogP contribution in [0.5, 0.6) is 0 Å². The van der Waals surface area contributed by atoms with Gasteiger partial charge in [-0.25, -0.2) is 4.79 Å². The fourth-order valence-corrected chi connectivity index (χ4v) is 0.669. The van der Waals surface area contributed by atoms with Gasteiger partial charge in [0, 0.05) is 12.5 Å². The normalized spacial score (nSPS) is 9.29. The number of unbranched alkanes of at least 4 members (excludes halogenated alkanes) is 2. The van der Waals surface area contributed by atoms with Gasteiger partial charge in [0.25, 0.3) is 0 Å². The van der Waals surface area contributed by atoms with E-state index in [4.69, 9.17) is 10.2 Å². The van der Waals surface area contributed by atoms with Crippen molar-refractivity contribution in [3.63, 3.8) is 0 Å². The van der Waals surface area contributed by atoms with Crippen LogP contribution >= 0.6 is 0 Å². The smallest absolute Gasteiger partial charge is 0.327 e. The molecule has 0 saturated heterocycles. The molecule has 0 radical (unpaired) electrons. The maximum Gasteiger partial charge on any atom is 0.327 e. The molecular weight excluding hydrogens is 184 g/mol. The Labute approximate surface area is 84.3 Å². The highest BCUT2D eigenvalue weighted by Gasteiger charge is 1.92. The molecule has 0 aliphatic heterocycles. The zero-order chi connectivity index (χ0) is 11.4. The van der Waals surface area contributed by atoms with Crippen LogP contribution in [0.25, 0.3) is 0 Å². The third-order valence-electron chi connectivity index (χ3n) is 1.30. The average molecular weight is 202 g/mol. The first-order chi connectivity index (χ1) is 6.54. The number of hydrogen-bond donors (Lipinski definition) is 2. The van der Waals surface area contributed by atoms with Crippen molar-refractivity contribution in [1.29, 1.82) is 0 Å². The van der Waals surface area contributed by atoms with Gasteiger partial charge in [-0.3, -0.25) is 4.79 Å². The topological polar surface area (TPSA) is 74.6 Å². The van der Waals surface area contributed by atoms with Crippen molar-refractivity contribution in [3.05, 3.63) is 12.2 Å². The van der Waals surface area contributed by atoms with Crippen molar-refractivity contribution in [2.75, 3.05) is 0 Å². The molecule has 14 heavy (non-hydrogen) atoms. The molecular formula is C10H18O4. The minimum atomic E-state index is -0.891. The molecule has 0 aliphatic carbocycles. The molecule has 0 amide bonds. The number of hydrogen-bond acceptors (Lipinski definition) is 2. The lowest BCUT2D eigenvalue weighted by atomic mass is 10.2. The van der Waals surface area contributed by atoms with Gasteiger partial charge in [-0.05, 0) is 13.3 Å². The molecule has 0 aromatic rings. The molecule has 0 fully saturated rings. The Morgan fingerprint density at radius 3 is 2.00 bits per heavy atom. The van der Waals surface area contributed by atoms with Crippen LogP contribution in [-0.4, -0.2) is 22.2 Å². The summed E-state index contributed by atoms with van der Waals surface area (Å²) in [6, 6.07) is 0. The summed E-state index contributed by atoms with van der Waals surface area (Å²) in [5, 5.41) is 16.0. The van der Waals surface area contributed by atoms with E-state index >= 15 is 0 Å². The Balaban J connectivity index is 0. The van der Waals surface area contributed by atoms with Crippen molar-refractivity contribution in [2.24, 2.45) is 0 Å². The van der Waals surface area contributed by atoms with Crippen molar-refractivity contribution in [2.45, 2.75) is 39.5 Å². The second kappa shape index (κ2) is 11.7. The molecule has 4 nitrogen and oxygen atoms in total. The molecule has 82 valence electrons. The lowest BCUT2D eigenvalue weighted by Gasteiger charge is -1.89. The summed E-state index contributed by atoms with van der Waals surface area (Å²) in [6.07, 6.45) is 5.83. The van der Waals surface area contributed by atoms with Crippen LogP contribution in [0.15, 0.2) is 12.2 Å². The standard InChI is InChI=1S/C6H12O2.C4H6O2/c1-2-3-4-5-6(7)8;1-2-3-4(5)6/h2-5H2,1H3,(H,7,8);2-3H,1H3,(H,5,6). The van der Waals surface area contributed by atoms with Crippen molar-refractivity contribution in [1.82, 2.24) is 0 Å². The summed E-state index contributed by atoms with van der Waals surface area (Å²) in [4.78, 5) is 19.4. The second-order valence-electron chi connectivity index (χ2n) is 2.69. The first-order valence-corrected chi connectivity index (χ1v) is 4.62. The van der Waals surface area contributed by atoms with Gasteiger partial charge in [0.1, 0.15) is 0 Å². The maximum absolute atomic E-state index is 9.87. The van der Waals surface area contributed by atoms with Crippen molar-refractivity contribution >= 4 is 11.9 Å². The van der Waals surface area contributed by atoms with Crippen LogP contribution < -0.4 is 0 Å². The molecule has 0 spiro atoms. The molecule has 0 aliphatic rings. The number of aliphatic carboxylic acids is 2. The third kappa shape index (κ3) is 22.4. The minimum Gasteiger partial charge on any atom is -0.481 e. The van der Waals surface area contributed by atoms with E-state index in [9.17, 15) is 9.59 Å². The van der Waals surface area contributed by atoms with Gasteiger partial charge in [-0.1, -0.05) is 25.8 Å². The van der Waals surface area contributed by atoms with E-state index in [1.165, 1.54) is 6.08 Å². The SMILES string of the molecule is CC=CC(=O)O.CCCCCC(=O)O. The van der Waals surface area contributed by atoms with Crippen LogP contribution in [0.3, 0.4) is 0 Å². The van der Waals surface area contributed by atoms with Gasteiger partial charge in [-0.2, -0.15) is 0 Å². The quantitative estimate of drug-likeness (QED) is 0.530. The van der Waals surface area contributed by atoms with Gasteiger partial charge < -0.3 is 10.2 Å². The minimum absolute atomic E-state index is 0.327. The van der Waals surface area contributed by atoms with Gasteiger partial charge in [0.05, 0.1) is 0 Å². The van der Waals surface area contributed by atoms with Gasteiger partial charge in [0.15, 0.2) is 0 Å². The van der Waals surface area contributed by atoms with Crippen molar-refractivity contribution < 1.29 is 19.8 Å². The fourth-order valence-electron chi connectivity index (χ4n) is 0.669. The summed E-state index contributed by atoms with van der Waals surface area (Å²) in [5.41, 5.74) is 0. The van der Waals surface area contributed by atoms with Gasteiger partial charge >= 0.3 is 11.9 Å². The highest BCUT2D eigenvalue weighted by atomic mass is 16.4. The molecule has 2 N–H and O–H groups in total. The Morgan fingerprint density at radius 2 is 1.79 bits per heavy atom. The first kappa shape index (κ1) is 15.2. The lowest BCUT2D eigenvalue weighted by molar-refractivity contribution is -0.137. The summed E-state index contributed by atoms with van der Waals surface area (Å²) in [5.74, 6) is -1.57. The summed E-state index contributed by atoms with van der Waals surface area (Å²) >= 11 is 0. The zero-order valence-corrected chi connectivity index (χ0v) is 8.69. The number of carboxylic acids is 2. The van der Waals surface area contributed by atoms with Crippen LogP contribution in [0.4, 0.5) is 0 Å². The van der Waals surface area contributed by atoms with E-state index in [0.717, 1.165) is 25.3 Å². The van der Waals surface area contributed by atoms with Gasteiger partial charge in [-0.15, -0.1) is 0 Å². The van der Waals surface area contributed by atoms with E-state index in [2.05, 4.69) is 6.92 Å². The van der Waals surface area contributed by atoms with E-state index < -0.39 is 11.9 Å². The zero-order valence-electron chi connectivity index (χ0n) is 8.69.